The topological polar surface area (TPSA) is 86.4 Å². The molecule has 0 fully saturated rings. The third-order valence-electron chi connectivity index (χ3n) is 2.30. The Labute approximate surface area is 159 Å². The predicted octanol–water partition coefficient (Wildman–Crippen LogP) is 3.55. The maximum absolute atomic E-state index is 13.2. The third-order valence-corrected chi connectivity index (χ3v) is 2.30. The summed E-state index contributed by atoms with van der Waals surface area (Å²) in [6, 6.07) is 0. The molecule has 1 aliphatic rings. The zero-order valence-corrected chi connectivity index (χ0v) is 16.0. The largest absolute Gasteiger partial charge is 3.00 e. The molecule has 0 aromatic carbocycles. The van der Waals surface area contributed by atoms with Crippen molar-refractivity contribution in [1.82, 2.24) is 0 Å². The second-order valence-corrected chi connectivity index (χ2v) is 4.78. The SMILES string of the molecule is CC1=N/O[B-](F)(F)O/N=C(C)/C(C)=N\O[B-](F)(F)O\N=C\1C.C[CH-]C.[Co+3]. The summed E-state index contributed by atoms with van der Waals surface area (Å²) in [7, 11) is -9.71. The molecule has 15 heteroatoms. The Hall–Kier alpha value is -1.76. The van der Waals surface area contributed by atoms with Gasteiger partial charge in [0, 0.05) is 0 Å². The number of oxime groups is 4. The molecule has 0 aromatic heterocycles. The van der Waals surface area contributed by atoms with Crippen molar-refractivity contribution in [1.29, 1.82) is 0 Å². The van der Waals surface area contributed by atoms with E-state index in [1.165, 1.54) is 27.7 Å². The van der Waals surface area contributed by atoms with Gasteiger partial charge in [0.15, 0.2) is 0 Å². The minimum Gasteiger partial charge on any atom is -0.519 e. The maximum Gasteiger partial charge on any atom is 3.00 e. The van der Waals surface area contributed by atoms with E-state index < -0.39 is 14.2 Å². The summed E-state index contributed by atoms with van der Waals surface area (Å²) in [4.78, 5) is 0. The normalized spacial score (nSPS) is 27.5. The summed E-state index contributed by atoms with van der Waals surface area (Å²) in [5, 5.41) is 12.1. The van der Waals surface area contributed by atoms with Crippen LogP contribution in [0.5, 0.6) is 0 Å². The second kappa shape index (κ2) is 11.8. The van der Waals surface area contributed by atoms with Crippen molar-refractivity contribution in [3.05, 3.63) is 6.42 Å². The van der Waals surface area contributed by atoms with Gasteiger partial charge in [-0.05, 0) is 27.7 Å². The number of halogens is 4. The van der Waals surface area contributed by atoms with Crippen molar-refractivity contribution < 1.29 is 53.1 Å². The van der Waals surface area contributed by atoms with Gasteiger partial charge in [-0.3, -0.25) is 0 Å². The number of rotatable bonds is 0. The molecule has 8 nitrogen and oxygen atoms in total. The third kappa shape index (κ3) is 11.0. The quantitative estimate of drug-likeness (QED) is 0.336. The molecule has 0 radical (unpaired) electrons. The molecule has 0 atom stereocenters. The Bertz CT molecular complexity index is 484. The van der Waals surface area contributed by atoms with Crippen LogP contribution in [0.25, 0.3) is 0 Å². The van der Waals surface area contributed by atoms with Gasteiger partial charge < -0.3 is 42.7 Å². The Morgan fingerprint density at radius 1 is 0.615 bits per heavy atom. The van der Waals surface area contributed by atoms with E-state index in [2.05, 4.69) is 39.6 Å². The van der Waals surface area contributed by atoms with Crippen molar-refractivity contribution >= 4 is 37.1 Å². The van der Waals surface area contributed by atoms with E-state index in [-0.39, 0.29) is 39.6 Å². The van der Waals surface area contributed by atoms with Gasteiger partial charge in [-0.25, -0.2) is 0 Å². The van der Waals surface area contributed by atoms with Gasteiger partial charge >= 0.3 is 31.0 Å². The van der Waals surface area contributed by atoms with E-state index in [1.54, 1.807) is 0 Å². The van der Waals surface area contributed by atoms with Crippen LogP contribution in [0.1, 0.15) is 41.5 Å². The molecule has 1 heterocycles. The smallest absolute Gasteiger partial charge is 0.519 e. The van der Waals surface area contributed by atoms with Gasteiger partial charge in [0.05, 0.1) is 22.8 Å². The molecule has 0 N–H and O–H groups in total. The van der Waals surface area contributed by atoms with E-state index in [1.807, 2.05) is 20.3 Å². The fourth-order valence-corrected chi connectivity index (χ4v) is 0.864. The Morgan fingerprint density at radius 2 is 0.769 bits per heavy atom. The molecule has 0 aromatic rings. The van der Waals surface area contributed by atoms with Gasteiger partial charge in [0.2, 0.25) is 0 Å². The molecule has 1 rings (SSSR count). The van der Waals surface area contributed by atoms with E-state index in [4.69, 9.17) is 0 Å². The standard InChI is InChI=1S/C8H12B2F4N4O4.C3H7.Co/c1-5-6(2)16-20-10(13,14)22-18-8(4)7(3)17-21-9(11,12)19-15-5;1-3-2;/h1-4H3;3H,1-2H3;/q-2;-1;+3/b15-5-,16-6+,17-7+,18-8-;;. The van der Waals surface area contributed by atoms with Crippen LogP contribution >= 0.6 is 0 Å². The van der Waals surface area contributed by atoms with Gasteiger partial charge in [-0.1, -0.05) is 0 Å². The van der Waals surface area contributed by atoms with Crippen LogP contribution in [0.15, 0.2) is 20.6 Å². The van der Waals surface area contributed by atoms with E-state index >= 15 is 0 Å². The summed E-state index contributed by atoms with van der Waals surface area (Å²) in [5.74, 6) is 0. The minimum atomic E-state index is -4.85. The van der Waals surface area contributed by atoms with Gasteiger partial charge in [0.25, 0.3) is 0 Å². The van der Waals surface area contributed by atoms with Gasteiger partial charge in [-0.15, -0.1) is 20.6 Å². The monoisotopic (exact) mass is 428 g/mol. The molecule has 0 bridgehead atoms. The van der Waals surface area contributed by atoms with Crippen LogP contribution in [0, 0.1) is 6.42 Å². The van der Waals surface area contributed by atoms with Crippen LogP contribution in [-0.2, 0) is 35.8 Å². The average Bonchev–Trinajstić information content (AvgIpc) is 2.53. The Morgan fingerprint density at radius 3 is 0.923 bits per heavy atom. The number of hydrogen-bond acceptors (Lipinski definition) is 8. The van der Waals surface area contributed by atoms with Crippen LogP contribution in [0.4, 0.5) is 17.3 Å². The molecular weight excluding hydrogens is 409 g/mol. The summed E-state index contributed by atoms with van der Waals surface area (Å²) in [5.41, 5.74) is -0.966. The predicted molar refractivity (Wildman–Crippen MR) is 88.4 cm³/mol. The van der Waals surface area contributed by atoms with E-state index in [0.717, 1.165) is 0 Å². The molecule has 26 heavy (non-hydrogen) atoms. The second-order valence-electron chi connectivity index (χ2n) is 4.78. The van der Waals surface area contributed by atoms with Crippen molar-refractivity contribution in [2.45, 2.75) is 41.5 Å². The van der Waals surface area contributed by atoms with Crippen molar-refractivity contribution in [2.75, 3.05) is 0 Å². The minimum absolute atomic E-state index is 0. The first-order valence-electron chi connectivity index (χ1n) is 7.10. The van der Waals surface area contributed by atoms with Crippen LogP contribution in [0.3, 0.4) is 0 Å². The molecule has 0 amide bonds. The summed E-state index contributed by atoms with van der Waals surface area (Å²) < 4.78 is 68.5. The van der Waals surface area contributed by atoms with E-state index in [0.29, 0.717) is 0 Å². The molecular formula is C11H19B2CoF4N4O4. The van der Waals surface area contributed by atoms with E-state index in [9.17, 15) is 17.3 Å². The fraction of sp³-hybridized carbons (Fsp3) is 0.545. The van der Waals surface area contributed by atoms with Crippen molar-refractivity contribution in [3.8, 4) is 0 Å². The fourth-order valence-electron chi connectivity index (χ4n) is 0.864. The molecule has 1 aliphatic heterocycles. The van der Waals surface area contributed by atoms with Crippen molar-refractivity contribution in [3.63, 3.8) is 0 Å². The Balaban J connectivity index is 0. The molecule has 0 saturated heterocycles. The zero-order valence-electron chi connectivity index (χ0n) is 15.0. The molecule has 150 valence electrons. The molecule has 0 aliphatic carbocycles. The first-order valence-corrected chi connectivity index (χ1v) is 7.10. The summed E-state index contributed by atoms with van der Waals surface area (Å²) in [6.45, 7) is 8.73. The van der Waals surface area contributed by atoms with Crippen molar-refractivity contribution in [2.24, 2.45) is 20.6 Å². The first-order chi connectivity index (χ1) is 11.4. The molecule has 0 spiro atoms. The Kier molecular flexibility index (Phi) is 12.0. The number of nitrogens with zero attached hydrogens (tertiary/aromatic N) is 4. The first kappa shape index (κ1) is 26.5. The molecule has 0 unspecified atom stereocenters. The average molecular weight is 428 g/mol. The van der Waals surface area contributed by atoms with Gasteiger partial charge in [-0.2, -0.15) is 13.8 Å². The summed E-state index contributed by atoms with van der Waals surface area (Å²) >= 11 is 0. The van der Waals surface area contributed by atoms with Crippen LogP contribution in [-0.4, -0.2) is 37.1 Å². The van der Waals surface area contributed by atoms with Crippen LogP contribution in [0.2, 0.25) is 0 Å². The zero-order chi connectivity index (χ0) is 19.7. The molecule has 0 saturated carbocycles. The maximum atomic E-state index is 13.2. The number of hydrogen-bond donors (Lipinski definition) is 0. The van der Waals surface area contributed by atoms with Gasteiger partial charge in [0.1, 0.15) is 0 Å². The summed E-state index contributed by atoms with van der Waals surface area (Å²) in [6.07, 6.45) is 2.00. The van der Waals surface area contributed by atoms with Crippen LogP contribution < -0.4 is 0 Å².